The molecule has 1 saturated carbocycles. The molecule has 5 heteroatoms. The standard InChI is InChI=1S/C10H13Cl2N3/c1-2-5-15(7-3-4-7)9-8(11)6-13-10(12)14-9/h6-7H,2-5H2,1H3. The Balaban J connectivity index is 2.27. The molecule has 1 fully saturated rings. The van der Waals surface area contributed by atoms with Crippen molar-refractivity contribution in [1.82, 2.24) is 9.97 Å². The van der Waals surface area contributed by atoms with Gasteiger partial charge < -0.3 is 4.90 Å². The zero-order valence-corrected chi connectivity index (χ0v) is 10.1. The van der Waals surface area contributed by atoms with E-state index in [1.54, 1.807) is 6.20 Å². The molecule has 0 N–H and O–H groups in total. The first kappa shape index (κ1) is 11.0. The van der Waals surface area contributed by atoms with Crippen molar-refractivity contribution in [1.29, 1.82) is 0 Å². The van der Waals surface area contributed by atoms with E-state index in [0.717, 1.165) is 18.8 Å². The van der Waals surface area contributed by atoms with Crippen LogP contribution in [0.15, 0.2) is 6.20 Å². The lowest BCUT2D eigenvalue weighted by molar-refractivity contribution is 0.748. The van der Waals surface area contributed by atoms with E-state index < -0.39 is 0 Å². The van der Waals surface area contributed by atoms with Crippen molar-refractivity contribution in [3.8, 4) is 0 Å². The summed E-state index contributed by atoms with van der Waals surface area (Å²) in [6.45, 7) is 3.11. The fourth-order valence-corrected chi connectivity index (χ4v) is 1.96. The molecule has 0 saturated heterocycles. The summed E-state index contributed by atoms with van der Waals surface area (Å²) >= 11 is 11.9. The van der Waals surface area contributed by atoms with Gasteiger partial charge in [-0.05, 0) is 30.9 Å². The second-order valence-electron chi connectivity index (χ2n) is 3.74. The van der Waals surface area contributed by atoms with Crippen molar-refractivity contribution in [3.63, 3.8) is 0 Å². The first-order valence-electron chi connectivity index (χ1n) is 5.17. The third-order valence-corrected chi connectivity index (χ3v) is 2.87. The SMILES string of the molecule is CCCN(c1nc(Cl)ncc1Cl)C1CC1. The van der Waals surface area contributed by atoms with Crippen LogP contribution < -0.4 is 4.90 Å². The minimum atomic E-state index is 0.260. The molecule has 0 bridgehead atoms. The van der Waals surface area contributed by atoms with Gasteiger partial charge in [-0.1, -0.05) is 18.5 Å². The van der Waals surface area contributed by atoms with Crippen LogP contribution in [0.25, 0.3) is 0 Å². The third kappa shape index (κ3) is 2.52. The molecule has 1 aromatic heterocycles. The van der Waals surface area contributed by atoms with Gasteiger partial charge in [0.15, 0.2) is 5.82 Å². The van der Waals surface area contributed by atoms with Gasteiger partial charge >= 0.3 is 0 Å². The molecule has 0 unspecified atom stereocenters. The van der Waals surface area contributed by atoms with Gasteiger partial charge in [-0.2, -0.15) is 4.98 Å². The number of rotatable bonds is 4. The van der Waals surface area contributed by atoms with Gasteiger partial charge in [0.05, 0.1) is 6.20 Å². The molecular weight excluding hydrogens is 233 g/mol. The van der Waals surface area contributed by atoms with Gasteiger partial charge in [0.2, 0.25) is 5.28 Å². The summed E-state index contributed by atoms with van der Waals surface area (Å²) in [6.07, 6.45) is 5.08. The second-order valence-corrected chi connectivity index (χ2v) is 4.48. The average molecular weight is 246 g/mol. The lowest BCUT2D eigenvalue weighted by Gasteiger charge is -2.23. The maximum absolute atomic E-state index is 6.07. The van der Waals surface area contributed by atoms with E-state index in [1.807, 2.05) is 0 Å². The minimum absolute atomic E-state index is 0.260. The topological polar surface area (TPSA) is 29.0 Å². The summed E-state index contributed by atoms with van der Waals surface area (Å²) in [5.74, 6) is 0.779. The van der Waals surface area contributed by atoms with Crippen molar-refractivity contribution < 1.29 is 0 Å². The monoisotopic (exact) mass is 245 g/mol. The van der Waals surface area contributed by atoms with Gasteiger partial charge in [0.25, 0.3) is 0 Å². The maximum Gasteiger partial charge on any atom is 0.224 e. The number of hydrogen-bond acceptors (Lipinski definition) is 3. The highest BCUT2D eigenvalue weighted by molar-refractivity contribution is 6.33. The normalized spacial score (nSPS) is 15.4. The van der Waals surface area contributed by atoms with Crippen molar-refractivity contribution in [2.24, 2.45) is 0 Å². The molecule has 15 heavy (non-hydrogen) atoms. The highest BCUT2D eigenvalue weighted by Gasteiger charge is 2.30. The summed E-state index contributed by atoms with van der Waals surface area (Å²) in [5, 5.41) is 0.843. The Kier molecular flexibility index (Phi) is 3.32. The maximum atomic E-state index is 6.07. The largest absolute Gasteiger partial charge is 0.352 e. The van der Waals surface area contributed by atoms with Gasteiger partial charge in [-0.3, -0.25) is 0 Å². The average Bonchev–Trinajstić information content (AvgIpc) is 3.02. The molecule has 2 rings (SSSR count). The van der Waals surface area contributed by atoms with E-state index in [0.29, 0.717) is 11.1 Å². The van der Waals surface area contributed by atoms with Crippen LogP contribution in [0.4, 0.5) is 5.82 Å². The smallest absolute Gasteiger partial charge is 0.224 e. The van der Waals surface area contributed by atoms with E-state index in [1.165, 1.54) is 12.8 Å². The molecule has 0 amide bonds. The van der Waals surface area contributed by atoms with Gasteiger partial charge in [0, 0.05) is 12.6 Å². The molecule has 0 aliphatic heterocycles. The van der Waals surface area contributed by atoms with Crippen LogP contribution in [0.1, 0.15) is 26.2 Å². The highest BCUT2D eigenvalue weighted by atomic mass is 35.5. The predicted molar refractivity (Wildman–Crippen MR) is 62.7 cm³/mol. The molecule has 82 valence electrons. The molecular formula is C10H13Cl2N3. The van der Waals surface area contributed by atoms with Gasteiger partial charge in [-0.15, -0.1) is 0 Å². The molecule has 1 aromatic rings. The van der Waals surface area contributed by atoms with E-state index in [-0.39, 0.29) is 5.28 Å². The molecule has 3 nitrogen and oxygen atoms in total. The van der Waals surface area contributed by atoms with E-state index in [4.69, 9.17) is 23.2 Å². The van der Waals surface area contributed by atoms with Crippen LogP contribution in [0.5, 0.6) is 0 Å². The molecule has 0 aromatic carbocycles. The number of hydrogen-bond donors (Lipinski definition) is 0. The summed E-state index contributed by atoms with van der Waals surface area (Å²) in [4.78, 5) is 10.3. The summed E-state index contributed by atoms with van der Waals surface area (Å²) in [7, 11) is 0. The lowest BCUT2D eigenvalue weighted by atomic mass is 10.4. The van der Waals surface area contributed by atoms with Crippen LogP contribution in [-0.2, 0) is 0 Å². The van der Waals surface area contributed by atoms with Crippen LogP contribution in [-0.4, -0.2) is 22.6 Å². The van der Waals surface area contributed by atoms with Crippen LogP contribution >= 0.6 is 23.2 Å². The Morgan fingerprint density at radius 1 is 1.47 bits per heavy atom. The predicted octanol–water partition coefficient (Wildman–Crippen LogP) is 3.16. The van der Waals surface area contributed by atoms with E-state index in [9.17, 15) is 0 Å². The zero-order valence-electron chi connectivity index (χ0n) is 8.58. The van der Waals surface area contributed by atoms with Crippen molar-refractivity contribution in [2.75, 3.05) is 11.4 Å². The molecule has 0 radical (unpaired) electrons. The fourth-order valence-electron chi connectivity index (χ4n) is 1.63. The van der Waals surface area contributed by atoms with Crippen LogP contribution in [0, 0.1) is 0 Å². The molecule has 1 heterocycles. The molecule has 0 spiro atoms. The second kappa shape index (κ2) is 4.54. The van der Waals surface area contributed by atoms with Gasteiger partial charge in [0.1, 0.15) is 5.02 Å². The van der Waals surface area contributed by atoms with E-state index >= 15 is 0 Å². The van der Waals surface area contributed by atoms with Crippen LogP contribution in [0.2, 0.25) is 10.3 Å². The number of halogens is 2. The molecule has 1 aliphatic carbocycles. The Labute approximate surface area is 99.4 Å². The highest BCUT2D eigenvalue weighted by Crippen LogP contribution is 2.34. The third-order valence-electron chi connectivity index (χ3n) is 2.42. The zero-order chi connectivity index (χ0) is 10.8. The van der Waals surface area contributed by atoms with Crippen molar-refractivity contribution >= 4 is 29.0 Å². The number of anilines is 1. The Bertz CT molecular complexity index is 353. The first-order valence-corrected chi connectivity index (χ1v) is 5.92. The Morgan fingerprint density at radius 3 is 2.80 bits per heavy atom. The lowest BCUT2D eigenvalue weighted by Crippen LogP contribution is -2.27. The molecule has 1 aliphatic rings. The molecule has 0 atom stereocenters. The first-order chi connectivity index (χ1) is 7.22. The van der Waals surface area contributed by atoms with Crippen molar-refractivity contribution in [3.05, 3.63) is 16.5 Å². The summed E-state index contributed by atoms with van der Waals surface area (Å²) in [5.41, 5.74) is 0. The fraction of sp³-hybridized carbons (Fsp3) is 0.600. The van der Waals surface area contributed by atoms with Crippen molar-refractivity contribution in [2.45, 2.75) is 32.2 Å². The quantitative estimate of drug-likeness (QED) is 0.764. The summed E-state index contributed by atoms with van der Waals surface area (Å²) in [6, 6.07) is 0.591. The summed E-state index contributed by atoms with van der Waals surface area (Å²) < 4.78 is 0. The van der Waals surface area contributed by atoms with Gasteiger partial charge in [-0.25, -0.2) is 4.98 Å². The van der Waals surface area contributed by atoms with Crippen LogP contribution in [0.3, 0.4) is 0 Å². The minimum Gasteiger partial charge on any atom is -0.352 e. The van der Waals surface area contributed by atoms with E-state index in [2.05, 4.69) is 21.8 Å². The Morgan fingerprint density at radius 2 is 2.20 bits per heavy atom. The number of aromatic nitrogens is 2. The number of nitrogens with zero attached hydrogens (tertiary/aromatic N) is 3. The Hall–Kier alpha value is -0.540.